The van der Waals surface area contributed by atoms with Crippen LogP contribution < -0.4 is 14.4 Å². The van der Waals surface area contributed by atoms with Gasteiger partial charge in [0.15, 0.2) is 28.8 Å². The molecule has 3 aliphatic carbocycles. The van der Waals surface area contributed by atoms with Crippen LogP contribution in [0.1, 0.15) is 35.7 Å². The van der Waals surface area contributed by atoms with Gasteiger partial charge in [0.2, 0.25) is 17.6 Å². The number of nitrogens with zero attached hydrogens (tertiary/aromatic N) is 1. The smallest absolute Gasteiger partial charge is 0.238 e. The maximum atomic E-state index is 14.0. The highest BCUT2D eigenvalue weighted by molar-refractivity contribution is 9.12. The Morgan fingerprint density at radius 1 is 1.00 bits per heavy atom. The molecule has 2 amide bonds. The molecule has 0 radical (unpaired) electrons. The Kier molecular flexibility index (Phi) is 7.49. The third kappa shape index (κ3) is 4.64. The molecule has 1 saturated heterocycles. The lowest BCUT2D eigenvalue weighted by Gasteiger charge is -2.41. The van der Waals surface area contributed by atoms with Gasteiger partial charge in [0.05, 0.1) is 36.2 Å². The Morgan fingerprint density at radius 3 is 2.27 bits per heavy atom. The number of phenolic OH excluding ortho intramolecular Hbond substituents is 1. The van der Waals surface area contributed by atoms with Crippen molar-refractivity contribution in [2.75, 3.05) is 19.1 Å². The second-order valence-corrected chi connectivity index (χ2v) is 12.0. The Hall–Kier alpha value is -4.57. The number of amides is 2. The second-order valence-electron chi connectivity index (χ2n) is 11.2. The van der Waals surface area contributed by atoms with Gasteiger partial charge < -0.3 is 14.6 Å². The van der Waals surface area contributed by atoms with Crippen molar-refractivity contribution in [3.05, 3.63) is 87.0 Å². The standard InChI is InChI=1S/C34H28BrNO8/c1-16(37)18-5-7-19(8-6-18)36-33(41)22-11-10-20-21(9-4-17-12-27(43-2)32(40)28(13-17)44-3)29-24(14-23(20)30(22)34(36)42)31(39)25(35)15-26(29)38/h4-10,12-13,15,21-23,30,40H,11,14H2,1-3H3/t21-,22-,23+,30-/m0/s1. The molecule has 0 spiro atoms. The molecule has 44 heavy (non-hydrogen) atoms. The van der Waals surface area contributed by atoms with E-state index in [1.807, 2.05) is 6.08 Å². The number of benzene rings is 2. The number of rotatable bonds is 6. The third-order valence-corrected chi connectivity index (χ3v) is 9.48. The van der Waals surface area contributed by atoms with Gasteiger partial charge in [-0.25, -0.2) is 0 Å². The molecule has 0 aromatic heterocycles. The van der Waals surface area contributed by atoms with Crippen LogP contribution in [-0.4, -0.2) is 48.5 Å². The molecule has 4 aliphatic rings. The molecule has 1 aliphatic heterocycles. The highest BCUT2D eigenvalue weighted by Crippen LogP contribution is 2.53. The summed E-state index contributed by atoms with van der Waals surface area (Å²) in [7, 11) is 2.84. The van der Waals surface area contributed by atoms with Crippen LogP contribution in [0, 0.1) is 23.7 Å². The Balaban J connectivity index is 1.41. The number of carbonyl (C=O) groups excluding carboxylic acids is 5. The maximum absolute atomic E-state index is 14.0. The zero-order valence-electron chi connectivity index (χ0n) is 24.1. The molecule has 2 aromatic carbocycles. The maximum Gasteiger partial charge on any atom is 0.238 e. The van der Waals surface area contributed by atoms with Crippen molar-refractivity contribution >= 4 is 56.9 Å². The molecular weight excluding hydrogens is 630 g/mol. The normalized spacial score (nSPS) is 24.6. The molecular formula is C34H28BrNO8. The number of allylic oxidation sites excluding steroid dienone is 7. The first-order valence-electron chi connectivity index (χ1n) is 14.1. The molecule has 0 unspecified atom stereocenters. The Morgan fingerprint density at radius 2 is 1.66 bits per heavy atom. The molecule has 9 nitrogen and oxygen atoms in total. The minimum absolute atomic E-state index is 0.125. The first kappa shape index (κ1) is 29.5. The lowest BCUT2D eigenvalue weighted by atomic mass is 9.61. The van der Waals surface area contributed by atoms with Crippen LogP contribution in [0.5, 0.6) is 17.2 Å². The summed E-state index contributed by atoms with van der Waals surface area (Å²) in [6, 6.07) is 9.60. The van der Waals surface area contributed by atoms with Crippen LogP contribution in [0.4, 0.5) is 5.69 Å². The van der Waals surface area contributed by atoms with E-state index in [-0.39, 0.29) is 57.3 Å². The molecule has 1 heterocycles. The van der Waals surface area contributed by atoms with Crippen LogP contribution in [0.25, 0.3) is 6.08 Å². The van der Waals surface area contributed by atoms with Gasteiger partial charge in [0.25, 0.3) is 0 Å². The topological polar surface area (TPSA) is 127 Å². The number of halogens is 1. The number of anilines is 1. The number of aromatic hydroxyl groups is 1. The SMILES string of the molecule is COc1cc(C=C[C@H]2C3=CC[C@@H]4C(=O)N(c5ccc(C(C)=O)cc5)C(=O)[C@@H]4[C@@H]3CC3=C2C(=O)C=C(Br)C3=O)cc(OC)c1O. The van der Waals surface area contributed by atoms with E-state index in [1.54, 1.807) is 48.6 Å². The number of ketones is 3. The number of methoxy groups -OCH3 is 2. The van der Waals surface area contributed by atoms with Crippen molar-refractivity contribution in [3.8, 4) is 17.2 Å². The number of fused-ring (bicyclic) bond motifs is 3. The highest BCUT2D eigenvalue weighted by Gasteiger charge is 2.56. The van der Waals surface area contributed by atoms with E-state index < -0.39 is 23.7 Å². The number of hydrogen-bond acceptors (Lipinski definition) is 8. The monoisotopic (exact) mass is 657 g/mol. The van der Waals surface area contributed by atoms with Gasteiger partial charge >= 0.3 is 0 Å². The van der Waals surface area contributed by atoms with Crippen molar-refractivity contribution in [1.82, 2.24) is 0 Å². The summed E-state index contributed by atoms with van der Waals surface area (Å²) in [5, 5.41) is 10.3. The van der Waals surface area contributed by atoms with Gasteiger partial charge in [-0.1, -0.05) is 23.8 Å². The summed E-state index contributed by atoms with van der Waals surface area (Å²) in [6.07, 6.45) is 7.22. The highest BCUT2D eigenvalue weighted by atomic mass is 79.9. The summed E-state index contributed by atoms with van der Waals surface area (Å²) in [5.74, 6) is -3.64. The van der Waals surface area contributed by atoms with Crippen molar-refractivity contribution in [1.29, 1.82) is 0 Å². The zero-order chi connectivity index (χ0) is 31.4. The fourth-order valence-corrected chi connectivity index (χ4v) is 7.25. The van der Waals surface area contributed by atoms with Crippen molar-refractivity contribution in [2.24, 2.45) is 23.7 Å². The van der Waals surface area contributed by atoms with Crippen LogP contribution in [-0.2, 0) is 19.2 Å². The number of phenols is 1. The first-order chi connectivity index (χ1) is 21.0. The fourth-order valence-electron chi connectivity index (χ4n) is 6.80. The van der Waals surface area contributed by atoms with E-state index in [4.69, 9.17) is 9.47 Å². The van der Waals surface area contributed by atoms with Gasteiger partial charge in [-0.3, -0.25) is 28.9 Å². The summed E-state index contributed by atoms with van der Waals surface area (Å²) >= 11 is 3.23. The zero-order valence-corrected chi connectivity index (χ0v) is 25.7. The van der Waals surface area contributed by atoms with Crippen molar-refractivity contribution in [3.63, 3.8) is 0 Å². The molecule has 4 atom stereocenters. The summed E-state index contributed by atoms with van der Waals surface area (Å²) in [4.78, 5) is 67.4. The van der Waals surface area contributed by atoms with Gasteiger partial charge in [-0.15, -0.1) is 0 Å². The summed E-state index contributed by atoms with van der Waals surface area (Å²) in [5.41, 5.74) is 2.96. The van der Waals surface area contributed by atoms with E-state index in [0.29, 0.717) is 34.4 Å². The summed E-state index contributed by atoms with van der Waals surface area (Å²) in [6.45, 7) is 1.44. The van der Waals surface area contributed by atoms with E-state index in [1.165, 1.54) is 32.1 Å². The second kappa shape index (κ2) is 11.2. The molecule has 6 rings (SSSR count). The van der Waals surface area contributed by atoms with E-state index in [0.717, 1.165) is 5.57 Å². The van der Waals surface area contributed by atoms with Crippen LogP contribution >= 0.6 is 15.9 Å². The quantitative estimate of drug-likeness (QED) is 0.196. The van der Waals surface area contributed by atoms with Gasteiger partial charge in [0, 0.05) is 28.7 Å². The lowest BCUT2D eigenvalue weighted by molar-refractivity contribution is -0.123. The molecule has 0 saturated carbocycles. The predicted octanol–water partition coefficient (Wildman–Crippen LogP) is 5.12. The van der Waals surface area contributed by atoms with Gasteiger partial charge in [0.1, 0.15) is 0 Å². The number of hydrogen-bond donors (Lipinski definition) is 1. The van der Waals surface area contributed by atoms with E-state index in [2.05, 4.69) is 15.9 Å². The van der Waals surface area contributed by atoms with Gasteiger partial charge in [-0.05, 0) is 83.6 Å². The molecule has 10 heteroatoms. The number of imide groups is 1. The van der Waals surface area contributed by atoms with Crippen LogP contribution in [0.2, 0.25) is 0 Å². The van der Waals surface area contributed by atoms with Crippen LogP contribution in [0.15, 0.2) is 75.8 Å². The Bertz CT molecular complexity index is 1760. The lowest BCUT2D eigenvalue weighted by Crippen LogP contribution is -2.40. The minimum Gasteiger partial charge on any atom is -0.502 e. The molecule has 1 N–H and O–H groups in total. The molecule has 224 valence electrons. The average Bonchev–Trinajstić information content (AvgIpc) is 3.27. The largest absolute Gasteiger partial charge is 0.502 e. The van der Waals surface area contributed by atoms with Crippen molar-refractivity contribution < 1.29 is 38.6 Å². The first-order valence-corrected chi connectivity index (χ1v) is 14.9. The van der Waals surface area contributed by atoms with E-state index >= 15 is 0 Å². The van der Waals surface area contributed by atoms with Gasteiger partial charge in [-0.2, -0.15) is 0 Å². The molecule has 2 aromatic rings. The molecule has 0 bridgehead atoms. The number of Topliss-reactive ketones (excluding diaryl/α,β-unsaturated/α-hetero) is 2. The van der Waals surface area contributed by atoms with Crippen molar-refractivity contribution in [2.45, 2.75) is 19.8 Å². The predicted molar refractivity (Wildman–Crippen MR) is 165 cm³/mol. The average molecular weight is 659 g/mol. The molecule has 1 fully saturated rings. The Labute approximate surface area is 261 Å². The van der Waals surface area contributed by atoms with E-state index in [9.17, 15) is 29.1 Å². The fraction of sp³-hybridized carbons (Fsp3) is 0.265. The third-order valence-electron chi connectivity index (χ3n) is 8.89. The minimum atomic E-state index is -0.721. The summed E-state index contributed by atoms with van der Waals surface area (Å²) < 4.78 is 10.7. The van der Waals surface area contributed by atoms with Crippen LogP contribution in [0.3, 0.4) is 0 Å². The number of ether oxygens (including phenoxy) is 2. The number of carbonyl (C=O) groups is 5.